The number of nitrogens with two attached hydrogens (primary N) is 1. The SMILES string of the molecule is CCC(C)(C)C(=O)C(CCCCN)NC(=O)C(Cc1ccccc1)NC(C)C. The fraction of sp³-hybridized carbons (Fsp3) is 0.652. The van der Waals surface area contributed by atoms with Gasteiger partial charge in [0.2, 0.25) is 5.91 Å². The minimum absolute atomic E-state index is 0.100. The van der Waals surface area contributed by atoms with Crippen molar-refractivity contribution >= 4 is 11.7 Å². The molecular formula is C23H39N3O2. The number of nitrogens with one attached hydrogen (secondary N) is 2. The Morgan fingerprint density at radius 3 is 2.25 bits per heavy atom. The Labute approximate surface area is 170 Å². The lowest BCUT2D eigenvalue weighted by molar-refractivity contribution is -0.134. The molecule has 0 aliphatic heterocycles. The van der Waals surface area contributed by atoms with Gasteiger partial charge in [0.1, 0.15) is 0 Å². The molecule has 0 spiro atoms. The predicted octanol–water partition coefficient (Wildman–Crippen LogP) is 3.21. The number of amides is 1. The van der Waals surface area contributed by atoms with Crippen LogP contribution < -0.4 is 16.4 Å². The van der Waals surface area contributed by atoms with Gasteiger partial charge in [-0.2, -0.15) is 0 Å². The zero-order valence-corrected chi connectivity index (χ0v) is 18.3. The van der Waals surface area contributed by atoms with Crippen molar-refractivity contribution in [1.82, 2.24) is 10.6 Å². The predicted molar refractivity (Wildman–Crippen MR) is 116 cm³/mol. The van der Waals surface area contributed by atoms with Crippen molar-refractivity contribution in [2.75, 3.05) is 6.54 Å². The molecule has 2 unspecified atom stereocenters. The molecule has 0 fully saturated rings. The summed E-state index contributed by atoms with van der Waals surface area (Å²) in [5.74, 6) is -0.0149. The monoisotopic (exact) mass is 389 g/mol. The average Bonchev–Trinajstić information content (AvgIpc) is 2.66. The van der Waals surface area contributed by atoms with Gasteiger partial charge >= 0.3 is 0 Å². The normalized spacial score (nSPS) is 14.0. The van der Waals surface area contributed by atoms with E-state index in [1.54, 1.807) is 0 Å². The highest BCUT2D eigenvalue weighted by atomic mass is 16.2. The average molecular weight is 390 g/mol. The topological polar surface area (TPSA) is 84.2 Å². The second-order valence-corrected chi connectivity index (χ2v) is 8.51. The number of hydrogen-bond acceptors (Lipinski definition) is 4. The summed E-state index contributed by atoms with van der Waals surface area (Å²) in [5, 5.41) is 6.40. The maximum atomic E-state index is 13.1. The van der Waals surface area contributed by atoms with Crippen LogP contribution in [0.2, 0.25) is 0 Å². The van der Waals surface area contributed by atoms with Crippen LogP contribution >= 0.6 is 0 Å². The smallest absolute Gasteiger partial charge is 0.238 e. The van der Waals surface area contributed by atoms with E-state index in [1.165, 1.54) is 0 Å². The summed E-state index contributed by atoms with van der Waals surface area (Å²) in [4.78, 5) is 26.2. The van der Waals surface area contributed by atoms with Crippen molar-refractivity contribution in [2.45, 2.75) is 84.8 Å². The lowest BCUT2D eigenvalue weighted by Gasteiger charge is -2.30. The Morgan fingerprint density at radius 1 is 1.07 bits per heavy atom. The number of ketones is 1. The Morgan fingerprint density at radius 2 is 1.71 bits per heavy atom. The van der Waals surface area contributed by atoms with Crippen LogP contribution in [0.1, 0.15) is 65.9 Å². The van der Waals surface area contributed by atoms with Crippen molar-refractivity contribution in [2.24, 2.45) is 11.1 Å². The first-order chi connectivity index (χ1) is 13.2. The standard InChI is InChI=1S/C23H39N3O2/c1-6-23(4,5)21(27)19(14-10-11-15-24)26-22(28)20(25-17(2)3)16-18-12-8-7-9-13-18/h7-9,12-13,17,19-20,25H,6,10-11,14-16,24H2,1-5H3,(H,26,28). The molecule has 2 atom stereocenters. The number of Topliss-reactive ketones (excluding diaryl/α,β-unsaturated/α-hetero) is 1. The third-order valence-electron chi connectivity index (χ3n) is 5.26. The van der Waals surface area contributed by atoms with Gasteiger partial charge in [-0.05, 0) is 44.2 Å². The van der Waals surface area contributed by atoms with Crippen LogP contribution in [0.5, 0.6) is 0 Å². The summed E-state index contributed by atoms with van der Waals surface area (Å²) >= 11 is 0. The second-order valence-electron chi connectivity index (χ2n) is 8.51. The van der Waals surface area contributed by atoms with Crippen molar-refractivity contribution in [1.29, 1.82) is 0 Å². The van der Waals surface area contributed by atoms with E-state index in [-0.39, 0.29) is 23.8 Å². The van der Waals surface area contributed by atoms with Gasteiger partial charge in [0.25, 0.3) is 0 Å². The van der Waals surface area contributed by atoms with Gasteiger partial charge in [0.05, 0.1) is 12.1 Å². The van der Waals surface area contributed by atoms with E-state index >= 15 is 0 Å². The third kappa shape index (κ3) is 8.11. The molecule has 0 aromatic heterocycles. The Bertz CT molecular complexity index is 599. The molecule has 0 radical (unpaired) electrons. The number of carbonyl (C=O) groups excluding carboxylic acids is 2. The van der Waals surface area contributed by atoms with Gasteiger partial charge in [-0.3, -0.25) is 9.59 Å². The largest absolute Gasteiger partial charge is 0.345 e. The maximum Gasteiger partial charge on any atom is 0.238 e. The van der Waals surface area contributed by atoms with Crippen LogP contribution in [-0.4, -0.2) is 36.4 Å². The Kier molecular flexibility index (Phi) is 10.4. The molecule has 5 heteroatoms. The number of carbonyl (C=O) groups is 2. The lowest BCUT2D eigenvalue weighted by atomic mass is 9.80. The number of unbranched alkanes of at least 4 members (excludes halogenated alkanes) is 1. The van der Waals surface area contributed by atoms with Crippen LogP contribution in [0.15, 0.2) is 30.3 Å². The first-order valence-corrected chi connectivity index (χ1v) is 10.6. The van der Waals surface area contributed by atoms with E-state index in [2.05, 4.69) is 10.6 Å². The van der Waals surface area contributed by atoms with Crippen LogP contribution in [0, 0.1) is 5.41 Å². The van der Waals surface area contributed by atoms with E-state index in [0.717, 1.165) is 24.8 Å². The third-order valence-corrected chi connectivity index (χ3v) is 5.26. The molecule has 28 heavy (non-hydrogen) atoms. The first-order valence-electron chi connectivity index (χ1n) is 10.6. The van der Waals surface area contributed by atoms with Crippen molar-refractivity contribution in [3.8, 4) is 0 Å². The van der Waals surface area contributed by atoms with Crippen LogP contribution in [0.25, 0.3) is 0 Å². The maximum absolute atomic E-state index is 13.1. The van der Waals surface area contributed by atoms with E-state index in [9.17, 15) is 9.59 Å². The van der Waals surface area contributed by atoms with Gasteiger partial charge in [-0.25, -0.2) is 0 Å². The van der Waals surface area contributed by atoms with Gasteiger partial charge in [-0.15, -0.1) is 0 Å². The van der Waals surface area contributed by atoms with Gasteiger partial charge < -0.3 is 16.4 Å². The van der Waals surface area contributed by atoms with Gasteiger partial charge in [0.15, 0.2) is 5.78 Å². The molecule has 1 rings (SSSR count). The summed E-state index contributed by atoms with van der Waals surface area (Å²) in [5.41, 5.74) is 6.25. The summed E-state index contributed by atoms with van der Waals surface area (Å²) in [7, 11) is 0. The second kappa shape index (κ2) is 12.0. The molecule has 0 bridgehead atoms. The van der Waals surface area contributed by atoms with Crippen molar-refractivity contribution in [3.05, 3.63) is 35.9 Å². The zero-order chi connectivity index (χ0) is 21.2. The summed E-state index contributed by atoms with van der Waals surface area (Å²) in [6.07, 6.45) is 3.64. The fourth-order valence-corrected chi connectivity index (χ4v) is 3.16. The number of hydrogen-bond donors (Lipinski definition) is 3. The summed E-state index contributed by atoms with van der Waals surface area (Å²) in [6, 6.07) is 9.27. The minimum Gasteiger partial charge on any atom is -0.345 e. The minimum atomic E-state index is -0.471. The molecule has 1 aromatic rings. The summed E-state index contributed by atoms with van der Waals surface area (Å²) in [6.45, 7) is 10.5. The van der Waals surface area contributed by atoms with E-state index < -0.39 is 11.5 Å². The van der Waals surface area contributed by atoms with E-state index in [0.29, 0.717) is 19.4 Å². The van der Waals surface area contributed by atoms with E-state index in [4.69, 9.17) is 5.73 Å². The summed E-state index contributed by atoms with van der Waals surface area (Å²) < 4.78 is 0. The first kappa shape index (κ1) is 24.3. The highest BCUT2D eigenvalue weighted by Crippen LogP contribution is 2.24. The molecule has 0 aliphatic rings. The highest BCUT2D eigenvalue weighted by Gasteiger charge is 2.34. The molecule has 1 amide bonds. The molecule has 0 aliphatic carbocycles. The lowest BCUT2D eigenvalue weighted by Crippen LogP contribution is -2.54. The molecule has 158 valence electrons. The molecular weight excluding hydrogens is 350 g/mol. The fourth-order valence-electron chi connectivity index (χ4n) is 3.16. The Hall–Kier alpha value is -1.72. The highest BCUT2D eigenvalue weighted by molar-refractivity contribution is 5.93. The molecule has 4 N–H and O–H groups in total. The Balaban J connectivity index is 2.94. The molecule has 0 saturated heterocycles. The molecule has 1 aromatic carbocycles. The van der Waals surface area contributed by atoms with Crippen molar-refractivity contribution in [3.63, 3.8) is 0 Å². The van der Waals surface area contributed by atoms with Crippen molar-refractivity contribution < 1.29 is 9.59 Å². The van der Waals surface area contributed by atoms with E-state index in [1.807, 2.05) is 65.0 Å². The van der Waals surface area contributed by atoms with Crippen LogP contribution in [0.4, 0.5) is 0 Å². The zero-order valence-electron chi connectivity index (χ0n) is 18.3. The number of benzene rings is 1. The van der Waals surface area contributed by atoms with Crippen LogP contribution in [-0.2, 0) is 16.0 Å². The molecule has 0 saturated carbocycles. The quantitative estimate of drug-likeness (QED) is 0.452. The van der Waals surface area contributed by atoms with Crippen LogP contribution in [0.3, 0.4) is 0 Å². The molecule has 0 heterocycles. The van der Waals surface area contributed by atoms with Gasteiger partial charge in [-0.1, -0.05) is 65.0 Å². The van der Waals surface area contributed by atoms with Gasteiger partial charge in [0, 0.05) is 11.5 Å². The molecule has 5 nitrogen and oxygen atoms in total. The number of rotatable bonds is 13.